The lowest BCUT2D eigenvalue weighted by Crippen LogP contribution is -1.96. The molecule has 0 bridgehead atoms. The smallest absolute Gasteiger partial charge is 0.190 e. The van der Waals surface area contributed by atoms with Crippen molar-refractivity contribution in [1.29, 1.82) is 0 Å². The summed E-state index contributed by atoms with van der Waals surface area (Å²) in [6.45, 7) is 0. The van der Waals surface area contributed by atoms with Gasteiger partial charge < -0.3 is 0 Å². The van der Waals surface area contributed by atoms with Gasteiger partial charge in [-0.25, -0.2) is 4.68 Å². The highest BCUT2D eigenvalue weighted by atomic mass is 16.1. The van der Waals surface area contributed by atoms with Gasteiger partial charge in [0.2, 0.25) is 0 Å². The Hall–Kier alpha value is -3.20. The molecule has 110 valence electrons. The van der Waals surface area contributed by atoms with E-state index in [1.54, 1.807) is 12.1 Å². The van der Waals surface area contributed by atoms with Crippen molar-refractivity contribution in [3.8, 4) is 16.9 Å². The third-order valence-corrected chi connectivity index (χ3v) is 3.83. The molecule has 0 aliphatic rings. The summed E-state index contributed by atoms with van der Waals surface area (Å²) in [5, 5.41) is 5.38. The topological polar surface area (TPSA) is 34.9 Å². The van der Waals surface area contributed by atoms with Crippen molar-refractivity contribution in [3.05, 3.63) is 95.2 Å². The van der Waals surface area contributed by atoms with Gasteiger partial charge >= 0.3 is 0 Å². The zero-order valence-corrected chi connectivity index (χ0v) is 12.4. The van der Waals surface area contributed by atoms with Gasteiger partial charge in [-0.2, -0.15) is 5.10 Å². The largest absolute Gasteiger partial charge is 0.289 e. The van der Waals surface area contributed by atoms with Crippen LogP contribution in [0.3, 0.4) is 0 Å². The summed E-state index contributed by atoms with van der Waals surface area (Å²) in [5.74, 6) is 0. The fraction of sp³-hybridized carbons (Fsp3) is 0. The predicted octanol–water partition coefficient (Wildman–Crippen LogP) is 4.05. The number of para-hydroxylation sites is 1. The minimum atomic E-state index is -0.0222. The summed E-state index contributed by atoms with van der Waals surface area (Å²) in [4.78, 5) is 12.6. The molecule has 0 amide bonds. The molecular formula is C20H14N2O. The van der Waals surface area contributed by atoms with Crippen molar-refractivity contribution in [2.45, 2.75) is 0 Å². The van der Waals surface area contributed by atoms with E-state index in [2.05, 4.69) is 0 Å². The Kier molecular flexibility index (Phi) is 3.24. The Morgan fingerprint density at radius 1 is 0.696 bits per heavy atom. The molecule has 0 atom stereocenters. The van der Waals surface area contributed by atoms with Crippen LogP contribution < -0.4 is 5.43 Å². The molecule has 0 spiro atoms. The fourth-order valence-corrected chi connectivity index (χ4v) is 2.77. The first-order valence-electron chi connectivity index (χ1n) is 7.47. The number of fused-ring (bicyclic) bond motifs is 1. The zero-order chi connectivity index (χ0) is 15.6. The van der Waals surface area contributed by atoms with Crippen molar-refractivity contribution >= 4 is 10.9 Å². The van der Waals surface area contributed by atoms with Crippen LogP contribution in [0.25, 0.3) is 27.8 Å². The zero-order valence-electron chi connectivity index (χ0n) is 12.4. The maximum absolute atomic E-state index is 12.6. The van der Waals surface area contributed by atoms with Crippen molar-refractivity contribution in [2.24, 2.45) is 0 Å². The lowest BCUT2D eigenvalue weighted by Gasteiger charge is -2.01. The van der Waals surface area contributed by atoms with Crippen LogP contribution in [0.2, 0.25) is 0 Å². The van der Waals surface area contributed by atoms with Gasteiger partial charge in [-0.1, -0.05) is 60.7 Å². The molecule has 0 saturated carbocycles. The third-order valence-electron chi connectivity index (χ3n) is 3.83. The average Bonchev–Trinajstić information content (AvgIpc) is 2.89. The first-order valence-corrected chi connectivity index (χ1v) is 7.47. The SMILES string of the molecule is O=c1ccccc2c1c(-c1ccccc1)nn2-c1ccccc1. The van der Waals surface area contributed by atoms with Gasteiger partial charge in [0, 0.05) is 5.56 Å². The van der Waals surface area contributed by atoms with Crippen LogP contribution in [0, 0.1) is 0 Å². The Balaban J connectivity index is 2.13. The normalized spacial score (nSPS) is 10.8. The summed E-state index contributed by atoms with van der Waals surface area (Å²) in [7, 11) is 0. The standard InChI is InChI=1S/C20H14N2O/c23-18-14-8-7-13-17-19(18)20(15-9-3-1-4-10-15)21-22(17)16-11-5-2-6-12-16/h1-14H. The van der Waals surface area contributed by atoms with E-state index in [0.717, 1.165) is 16.8 Å². The van der Waals surface area contributed by atoms with Crippen LogP contribution in [0.1, 0.15) is 0 Å². The second-order valence-electron chi connectivity index (χ2n) is 5.30. The van der Waals surface area contributed by atoms with Crippen molar-refractivity contribution in [2.75, 3.05) is 0 Å². The van der Waals surface area contributed by atoms with E-state index < -0.39 is 0 Å². The maximum atomic E-state index is 12.6. The molecule has 3 nitrogen and oxygen atoms in total. The Morgan fingerprint density at radius 3 is 2.04 bits per heavy atom. The molecule has 1 heterocycles. The molecule has 3 aromatic carbocycles. The van der Waals surface area contributed by atoms with Crippen LogP contribution in [-0.4, -0.2) is 9.78 Å². The number of hydrogen-bond donors (Lipinski definition) is 0. The maximum Gasteiger partial charge on any atom is 0.190 e. The lowest BCUT2D eigenvalue weighted by atomic mass is 10.1. The molecule has 1 aromatic heterocycles. The summed E-state index contributed by atoms with van der Waals surface area (Å²) in [6, 6.07) is 26.8. The quantitative estimate of drug-likeness (QED) is 0.559. The van der Waals surface area contributed by atoms with Crippen LogP contribution in [0.5, 0.6) is 0 Å². The molecular weight excluding hydrogens is 284 g/mol. The predicted molar refractivity (Wildman–Crippen MR) is 92.8 cm³/mol. The molecule has 0 aliphatic heterocycles. The van der Waals surface area contributed by atoms with Crippen LogP contribution in [-0.2, 0) is 0 Å². The third kappa shape index (κ3) is 2.32. The van der Waals surface area contributed by atoms with E-state index in [1.807, 2.05) is 77.5 Å². The first-order chi connectivity index (χ1) is 11.3. The molecule has 0 saturated heterocycles. The highest BCUT2D eigenvalue weighted by Gasteiger charge is 2.14. The molecule has 0 radical (unpaired) electrons. The van der Waals surface area contributed by atoms with Gasteiger partial charge in [0.15, 0.2) is 5.43 Å². The van der Waals surface area contributed by atoms with Crippen molar-refractivity contribution < 1.29 is 0 Å². The van der Waals surface area contributed by atoms with Gasteiger partial charge in [0.25, 0.3) is 0 Å². The first kappa shape index (κ1) is 13.5. The summed E-state index contributed by atoms with van der Waals surface area (Å²) < 4.78 is 1.83. The van der Waals surface area contributed by atoms with Crippen molar-refractivity contribution in [3.63, 3.8) is 0 Å². The highest BCUT2D eigenvalue weighted by Crippen LogP contribution is 2.27. The minimum Gasteiger partial charge on any atom is -0.289 e. The van der Waals surface area contributed by atoms with Gasteiger partial charge in [0.05, 0.1) is 16.6 Å². The van der Waals surface area contributed by atoms with E-state index in [4.69, 9.17) is 5.10 Å². The van der Waals surface area contributed by atoms with Crippen LogP contribution in [0.4, 0.5) is 0 Å². The second-order valence-corrected chi connectivity index (χ2v) is 5.30. The number of benzene rings is 2. The molecule has 0 N–H and O–H groups in total. The van der Waals surface area contributed by atoms with Crippen LogP contribution in [0.15, 0.2) is 89.7 Å². The molecule has 3 heteroatoms. The van der Waals surface area contributed by atoms with Gasteiger partial charge in [-0.3, -0.25) is 4.79 Å². The number of hydrogen-bond acceptors (Lipinski definition) is 2. The van der Waals surface area contributed by atoms with Gasteiger partial charge in [-0.05, 0) is 24.3 Å². The number of rotatable bonds is 2. The lowest BCUT2D eigenvalue weighted by molar-refractivity contribution is 0.915. The monoisotopic (exact) mass is 298 g/mol. The molecule has 0 unspecified atom stereocenters. The van der Waals surface area contributed by atoms with E-state index >= 15 is 0 Å². The molecule has 0 fully saturated rings. The van der Waals surface area contributed by atoms with E-state index in [9.17, 15) is 4.79 Å². The second kappa shape index (κ2) is 5.54. The molecule has 4 rings (SSSR count). The van der Waals surface area contributed by atoms with Gasteiger partial charge in [0.1, 0.15) is 5.69 Å². The van der Waals surface area contributed by atoms with Crippen LogP contribution >= 0.6 is 0 Å². The molecule has 0 aliphatic carbocycles. The van der Waals surface area contributed by atoms with E-state index in [0.29, 0.717) is 11.1 Å². The fourth-order valence-electron chi connectivity index (χ4n) is 2.77. The summed E-state index contributed by atoms with van der Waals surface area (Å²) >= 11 is 0. The minimum absolute atomic E-state index is 0.0222. The number of nitrogens with zero attached hydrogens (tertiary/aromatic N) is 2. The summed E-state index contributed by atoms with van der Waals surface area (Å²) in [5.41, 5.74) is 3.38. The molecule has 23 heavy (non-hydrogen) atoms. The summed E-state index contributed by atoms with van der Waals surface area (Å²) in [6.07, 6.45) is 0. The van der Waals surface area contributed by atoms with E-state index in [1.165, 1.54) is 0 Å². The average molecular weight is 298 g/mol. The highest BCUT2D eigenvalue weighted by molar-refractivity contribution is 5.93. The molecule has 4 aromatic rings. The Labute approximate surface area is 133 Å². The van der Waals surface area contributed by atoms with Crippen molar-refractivity contribution in [1.82, 2.24) is 9.78 Å². The van der Waals surface area contributed by atoms with Gasteiger partial charge in [-0.15, -0.1) is 0 Å². The Bertz CT molecular complexity index is 1020. The van der Waals surface area contributed by atoms with E-state index in [-0.39, 0.29) is 5.43 Å². The number of aromatic nitrogens is 2. The Morgan fingerprint density at radius 2 is 1.30 bits per heavy atom.